The number of nitrogens with one attached hydrogen (secondary N) is 1. The van der Waals surface area contributed by atoms with Crippen molar-refractivity contribution in [3.63, 3.8) is 0 Å². The summed E-state index contributed by atoms with van der Waals surface area (Å²) in [4.78, 5) is 23.9. The number of ether oxygens (including phenoxy) is 2. The lowest BCUT2D eigenvalue weighted by Crippen LogP contribution is -2.38. The van der Waals surface area contributed by atoms with Crippen LogP contribution < -0.4 is 10.1 Å². The molecule has 0 aliphatic carbocycles. The van der Waals surface area contributed by atoms with Crippen LogP contribution >= 0.6 is 0 Å². The molecule has 0 aliphatic rings. The van der Waals surface area contributed by atoms with Crippen LogP contribution in [0.1, 0.15) is 5.56 Å². The van der Waals surface area contributed by atoms with E-state index in [1.165, 1.54) is 12.1 Å². The van der Waals surface area contributed by atoms with Crippen LogP contribution in [0.3, 0.4) is 0 Å². The van der Waals surface area contributed by atoms with Gasteiger partial charge in [0.05, 0.1) is 13.7 Å². The first-order valence-electron chi connectivity index (χ1n) is 6.01. The summed E-state index contributed by atoms with van der Waals surface area (Å²) in [6, 6.07) is 6.08. The molecule has 0 heterocycles. The summed E-state index contributed by atoms with van der Waals surface area (Å²) in [6.45, 7) is -2.46. The Morgan fingerprint density at radius 2 is 1.90 bits per heavy atom. The van der Waals surface area contributed by atoms with Crippen LogP contribution in [0.4, 0.5) is 13.6 Å². The van der Waals surface area contributed by atoms with Crippen molar-refractivity contribution in [1.29, 1.82) is 0 Å². The molecule has 1 N–H and O–H groups in total. The van der Waals surface area contributed by atoms with E-state index in [1.807, 2.05) is 5.32 Å². The number of benzene rings is 1. The summed E-state index contributed by atoms with van der Waals surface area (Å²) in [6.07, 6.45) is -0.818. The molecule has 0 aromatic heterocycles. The fourth-order valence-electron chi connectivity index (χ4n) is 1.59. The zero-order chi connectivity index (χ0) is 15.8. The molecule has 2 amide bonds. The van der Waals surface area contributed by atoms with Crippen LogP contribution in [-0.4, -0.2) is 44.2 Å². The molecular formula is C13H16F2N2O4. The van der Waals surface area contributed by atoms with Gasteiger partial charge in [0.25, 0.3) is 0 Å². The number of alkyl carbamates (subject to hydrolysis) is 1. The Labute approximate surface area is 120 Å². The topological polar surface area (TPSA) is 67.9 Å². The molecule has 0 saturated heterocycles. The SMILES string of the molecule is COC(=O)NC(=O)CN(C)Cc1ccc(OC(F)F)cc1. The first kappa shape index (κ1) is 16.8. The molecule has 0 spiro atoms. The Bertz CT molecular complexity index is 480. The number of hydrogen-bond donors (Lipinski definition) is 1. The van der Waals surface area contributed by atoms with Crippen LogP contribution in [-0.2, 0) is 16.1 Å². The number of nitrogens with zero attached hydrogens (tertiary/aromatic N) is 1. The van der Waals surface area contributed by atoms with Gasteiger partial charge in [0, 0.05) is 6.54 Å². The van der Waals surface area contributed by atoms with E-state index in [9.17, 15) is 18.4 Å². The highest BCUT2D eigenvalue weighted by atomic mass is 19.3. The number of likely N-dealkylation sites (N-methyl/N-ethyl adjacent to an activating group) is 1. The highest BCUT2D eigenvalue weighted by Gasteiger charge is 2.11. The van der Waals surface area contributed by atoms with Crippen LogP contribution in [0.15, 0.2) is 24.3 Å². The van der Waals surface area contributed by atoms with Crippen molar-refractivity contribution in [1.82, 2.24) is 10.2 Å². The van der Waals surface area contributed by atoms with E-state index in [1.54, 1.807) is 24.1 Å². The number of carbonyl (C=O) groups is 2. The highest BCUT2D eigenvalue weighted by molar-refractivity contribution is 5.92. The molecule has 21 heavy (non-hydrogen) atoms. The third-order valence-corrected chi connectivity index (χ3v) is 2.44. The fourth-order valence-corrected chi connectivity index (χ4v) is 1.59. The molecule has 6 nitrogen and oxygen atoms in total. The van der Waals surface area contributed by atoms with E-state index >= 15 is 0 Å². The molecule has 1 aromatic carbocycles. The van der Waals surface area contributed by atoms with Crippen molar-refractivity contribution in [3.8, 4) is 5.75 Å². The average molecular weight is 302 g/mol. The van der Waals surface area contributed by atoms with Crippen molar-refractivity contribution in [2.75, 3.05) is 20.7 Å². The smallest absolute Gasteiger partial charge is 0.413 e. The number of methoxy groups -OCH3 is 1. The summed E-state index contributed by atoms with van der Waals surface area (Å²) in [7, 11) is 2.84. The molecule has 8 heteroatoms. The number of imide groups is 1. The second-order valence-corrected chi connectivity index (χ2v) is 4.23. The van der Waals surface area contributed by atoms with Gasteiger partial charge in [-0.1, -0.05) is 12.1 Å². The van der Waals surface area contributed by atoms with Gasteiger partial charge in [-0.25, -0.2) is 4.79 Å². The number of amides is 2. The van der Waals surface area contributed by atoms with Gasteiger partial charge >= 0.3 is 12.7 Å². The summed E-state index contributed by atoms with van der Waals surface area (Å²) < 4.78 is 32.5. The van der Waals surface area contributed by atoms with Crippen molar-refractivity contribution in [2.24, 2.45) is 0 Å². The molecule has 0 atom stereocenters. The second-order valence-electron chi connectivity index (χ2n) is 4.23. The number of halogens is 2. The summed E-state index contributed by atoms with van der Waals surface area (Å²) in [5.74, 6) is -0.429. The first-order chi connectivity index (χ1) is 9.90. The minimum Gasteiger partial charge on any atom is -0.453 e. The van der Waals surface area contributed by atoms with Gasteiger partial charge in [0.1, 0.15) is 5.75 Å². The van der Waals surface area contributed by atoms with Gasteiger partial charge in [-0.15, -0.1) is 0 Å². The summed E-state index contributed by atoms with van der Waals surface area (Å²) in [5, 5.41) is 2.03. The Morgan fingerprint density at radius 1 is 1.29 bits per heavy atom. The minimum atomic E-state index is -2.86. The number of rotatable bonds is 6. The van der Waals surface area contributed by atoms with E-state index in [0.717, 1.165) is 12.7 Å². The number of hydrogen-bond acceptors (Lipinski definition) is 5. The lowest BCUT2D eigenvalue weighted by molar-refractivity contribution is -0.121. The third-order valence-electron chi connectivity index (χ3n) is 2.44. The van der Waals surface area contributed by atoms with Gasteiger partial charge in [-0.3, -0.25) is 15.0 Å². The van der Waals surface area contributed by atoms with Crippen LogP contribution in [0.2, 0.25) is 0 Å². The van der Waals surface area contributed by atoms with Crippen molar-refractivity contribution in [2.45, 2.75) is 13.2 Å². The molecule has 1 rings (SSSR count). The molecule has 0 bridgehead atoms. The monoisotopic (exact) mass is 302 g/mol. The standard InChI is InChI=1S/C13H16F2N2O4/c1-17(8-11(18)16-13(19)20-2)7-9-3-5-10(6-4-9)21-12(14)15/h3-6,12H,7-8H2,1-2H3,(H,16,18,19). The molecule has 0 saturated carbocycles. The molecule has 1 aromatic rings. The van der Waals surface area contributed by atoms with Crippen LogP contribution in [0.25, 0.3) is 0 Å². The fraction of sp³-hybridized carbons (Fsp3) is 0.385. The van der Waals surface area contributed by atoms with E-state index < -0.39 is 18.6 Å². The van der Waals surface area contributed by atoms with E-state index in [4.69, 9.17) is 0 Å². The van der Waals surface area contributed by atoms with Gasteiger partial charge < -0.3 is 9.47 Å². The Morgan fingerprint density at radius 3 is 2.43 bits per heavy atom. The van der Waals surface area contributed by atoms with E-state index in [-0.39, 0.29) is 12.3 Å². The molecular weight excluding hydrogens is 286 g/mol. The predicted molar refractivity (Wildman–Crippen MR) is 70.0 cm³/mol. The lowest BCUT2D eigenvalue weighted by Gasteiger charge is -2.16. The Kier molecular flexibility index (Phi) is 6.54. The minimum absolute atomic E-state index is 0.00954. The van der Waals surface area contributed by atoms with Crippen LogP contribution in [0, 0.1) is 0 Å². The normalized spacial score (nSPS) is 10.6. The molecule has 116 valence electrons. The van der Waals surface area contributed by atoms with Gasteiger partial charge in [-0.05, 0) is 24.7 Å². The first-order valence-corrected chi connectivity index (χ1v) is 6.01. The zero-order valence-corrected chi connectivity index (χ0v) is 11.6. The van der Waals surface area contributed by atoms with Crippen molar-refractivity contribution in [3.05, 3.63) is 29.8 Å². The van der Waals surface area contributed by atoms with E-state index in [2.05, 4.69) is 9.47 Å². The zero-order valence-electron chi connectivity index (χ0n) is 11.6. The largest absolute Gasteiger partial charge is 0.453 e. The molecule has 0 fully saturated rings. The summed E-state index contributed by atoms with van der Waals surface area (Å²) >= 11 is 0. The molecule has 0 unspecified atom stereocenters. The highest BCUT2D eigenvalue weighted by Crippen LogP contribution is 2.15. The van der Waals surface area contributed by atoms with E-state index in [0.29, 0.717) is 6.54 Å². The summed E-state index contributed by atoms with van der Waals surface area (Å²) in [5.41, 5.74) is 0.810. The van der Waals surface area contributed by atoms with Gasteiger partial charge in [0.2, 0.25) is 5.91 Å². The van der Waals surface area contributed by atoms with Crippen LogP contribution in [0.5, 0.6) is 5.75 Å². The second kappa shape index (κ2) is 8.15. The predicted octanol–water partition coefficient (Wildman–Crippen LogP) is 1.60. The maximum atomic E-state index is 12.0. The molecule has 0 aliphatic heterocycles. The Balaban J connectivity index is 2.45. The number of carbonyl (C=O) groups excluding carboxylic acids is 2. The van der Waals surface area contributed by atoms with Gasteiger partial charge in [0.15, 0.2) is 0 Å². The maximum Gasteiger partial charge on any atom is 0.413 e. The maximum absolute atomic E-state index is 12.0. The number of alkyl halides is 2. The van der Waals surface area contributed by atoms with Crippen molar-refractivity contribution >= 4 is 12.0 Å². The average Bonchev–Trinajstić information content (AvgIpc) is 2.39. The quantitative estimate of drug-likeness (QED) is 0.864. The Hall–Kier alpha value is -2.22. The van der Waals surface area contributed by atoms with Gasteiger partial charge in [-0.2, -0.15) is 8.78 Å². The third kappa shape index (κ3) is 6.66. The lowest BCUT2D eigenvalue weighted by atomic mass is 10.2. The molecule has 0 radical (unpaired) electrons. The van der Waals surface area contributed by atoms with Crippen molar-refractivity contribution < 1.29 is 27.8 Å².